The van der Waals surface area contributed by atoms with Crippen molar-refractivity contribution in [2.45, 2.75) is 6.54 Å². The summed E-state index contributed by atoms with van der Waals surface area (Å²) in [5.41, 5.74) is 7.12. The van der Waals surface area contributed by atoms with Gasteiger partial charge in [0.15, 0.2) is 11.2 Å². The Hall–Kier alpha value is -2.27. The van der Waals surface area contributed by atoms with Crippen molar-refractivity contribution >= 4 is 21.9 Å². The molecular weight excluding hydrogens is 234 g/mol. The van der Waals surface area contributed by atoms with Crippen molar-refractivity contribution < 1.29 is 13.6 Å². The molecule has 2 aromatic heterocycles. The van der Waals surface area contributed by atoms with Gasteiger partial charge in [0, 0.05) is 23.4 Å². The minimum absolute atomic E-state index is 0.324. The van der Waals surface area contributed by atoms with Crippen molar-refractivity contribution in [2.24, 2.45) is 5.73 Å². The van der Waals surface area contributed by atoms with Crippen molar-refractivity contribution in [3.63, 3.8) is 0 Å². The topological polar surface area (TPSA) is 78.6 Å². The predicted octanol–water partition coefficient (Wildman–Crippen LogP) is 2.01. The number of rotatable bonds is 2. The Morgan fingerprint density at radius 2 is 2.00 bits per heavy atom. The fourth-order valence-electron chi connectivity index (χ4n) is 2.20. The van der Waals surface area contributed by atoms with Gasteiger partial charge in [0.2, 0.25) is 5.75 Å². The van der Waals surface area contributed by atoms with E-state index in [1.807, 2.05) is 6.07 Å². The van der Waals surface area contributed by atoms with Gasteiger partial charge in [-0.3, -0.25) is 0 Å². The highest BCUT2D eigenvalue weighted by molar-refractivity contribution is 6.03. The Bertz CT molecular complexity index is 785. The fourth-order valence-corrected chi connectivity index (χ4v) is 2.20. The van der Waals surface area contributed by atoms with E-state index in [4.69, 9.17) is 19.3 Å². The normalized spacial score (nSPS) is 11.2. The van der Waals surface area contributed by atoms with Crippen LogP contribution in [-0.2, 0) is 6.54 Å². The summed E-state index contributed by atoms with van der Waals surface area (Å²) in [6.07, 6.45) is 1.56. The number of furan rings is 1. The first-order valence-corrected chi connectivity index (χ1v) is 5.46. The van der Waals surface area contributed by atoms with E-state index in [-0.39, 0.29) is 0 Å². The third kappa shape index (κ3) is 1.34. The Balaban J connectivity index is 2.63. The maximum Gasteiger partial charge on any atom is 0.336 e. The maximum absolute atomic E-state index is 11.3. The van der Waals surface area contributed by atoms with Gasteiger partial charge < -0.3 is 19.3 Å². The highest BCUT2D eigenvalue weighted by Gasteiger charge is 2.18. The zero-order chi connectivity index (χ0) is 12.7. The smallest absolute Gasteiger partial charge is 0.336 e. The van der Waals surface area contributed by atoms with Gasteiger partial charge in [0.05, 0.1) is 13.4 Å². The second-order valence-corrected chi connectivity index (χ2v) is 3.88. The van der Waals surface area contributed by atoms with Crippen LogP contribution < -0.4 is 16.1 Å². The lowest BCUT2D eigenvalue weighted by molar-refractivity contribution is 0.402. The first kappa shape index (κ1) is 10.9. The summed E-state index contributed by atoms with van der Waals surface area (Å²) in [5, 5.41) is 1.64. The molecule has 3 rings (SSSR count). The van der Waals surface area contributed by atoms with E-state index in [9.17, 15) is 4.79 Å². The number of benzene rings is 1. The van der Waals surface area contributed by atoms with Gasteiger partial charge >= 0.3 is 5.63 Å². The molecule has 5 heteroatoms. The number of ether oxygens (including phenoxy) is 1. The molecule has 0 amide bonds. The van der Waals surface area contributed by atoms with Crippen LogP contribution >= 0.6 is 0 Å². The Morgan fingerprint density at radius 1 is 1.22 bits per heavy atom. The molecule has 18 heavy (non-hydrogen) atoms. The van der Waals surface area contributed by atoms with Gasteiger partial charge in [0.1, 0.15) is 0 Å². The van der Waals surface area contributed by atoms with E-state index in [1.165, 1.54) is 13.2 Å². The summed E-state index contributed by atoms with van der Waals surface area (Å²) >= 11 is 0. The van der Waals surface area contributed by atoms with E-state index in [0.29, 0.717) is 23.5 Å². The lowest BCUT2D eigenvalue weighted by Gasteiger charge is -2.09. The summed E-state index contributed by atoms with van der Waals surface area (Å²) in [4.78, 5) is 11.3. The molecule has 0 aliphatic rings. The molecule has 0 aliphatic heterocycles. The number of methoxy groups -OCH3 is 1. The summed E-state index contributed by atoms with van der Waals surface area (Å²) in [7, 11) is 1.51. The molecule has 0 bridgehead atoms. The quantitative estimate of drug-likeness (QED) is 0.698. The first-order valence-electron chi connectivity index (χ1n) is 5.46. The molecule has 0 saturated heterocycles. The van der Waals surface area contributed by atoms with Crippen LogP contribution in [0.4, 0.5) is 0 Å². The highest BCUT2D eigenvalue weighted by Crippen LogP contribution is 2.37. The molecule has 1 aromatic carbocycles. The van der Waals surface area contributed by atoms with Gasteiger partial charge in [-0.05, 0) is 17.7 Å². The average molecular weight is 245 g/mol. The molecule has 0 fully saturated rings. The van der Waals surface area contributed by atoms with E-state index in [2.05, 4.69) is 0 Å². The highest BCUT2D eigenvalue weighted by atomic mass is 16.5. The van der Waals surface area contributed by atoms with Crippen LogP contribution in [0.15, 0.2) is 38.1 Å². The van der Waals surface area contributed by atoms with Crippen LogP contribution in [0, 0.1) is 0 Å². The summed E-state index contributed by atoms with van der Waals surface area (Å²) in [5.74, 6) is 0.417. The van der Waals surface area contributed by atoms with Gasteiger partial charge in [0.25, 0.3) is 0 Å². The van der Waals surface area contributed by atoms with Crippen molar-refractivity contribution in [3.8, 4) is 5.75 Å². The monoisotopic (exact) mass is 245 g/mol. The lowest BCUT2D eigenvalue weighted by atomic mass is 10.0. The zero-order valence-electron chi connectivity index (χ0n) is 9.73. The van der Waals surface area contributed by atoms with Crippen molar-refractivity contribution in [2.75, 3.05) is 7.11 Å². The van der Waals surface area contributed by atoms with E-state index in [0.717, 1.165) is 16.3 Å². The van der Waals surface area contributed by atoms with Crippen LogP contribution in [0.5, 0.6) is 5.75 Å². The molecular formula is C13H11NO4. The second kappa shape index (κ2) is 3.89. The Kier molecular flexibility index (Phi) is 2.34. The summed E-state index contributed by atoms with van der Waals surface area (Å²) in [6.45, 7) is 0.324. The van der Waals surface area contributed by atoms with Gasteiger partial charge in [-0.1, -0.05) is 0 Å². The molecule has 2 N–H and O–H groups in total. The zero-order valence-corrected chi connectivity index (χ0v) is 9.73. The minimum Gasteiger partial charge on any atom is -0.490 e. The van der Waals surface area contributed by atoms with Crippen molar-refractivity contribution in [1.82, 2.24) is 0 Å². The largest absolute Gasteiger partial charge is 0.490 e. The van der Waals surface area contributed by atoms with Gasteiger partial charge in [-0.25, -0.2) is 4.79 Å². The molecule has 92 valence electrons. The van der Waals surface area contributed by atoms with Crippen molar-refractivity contribution in [1.29, 1.82) is 0 Å². The van der Waals surface area contributed by atoms with Gasteiger partial charge in [-0.2, -0.15) is 0 Å². The molecule has 3 aromatic rings. The lowest BCUT2D eigenvalue weighted by Crippen LogP contribution is -2.02. The predicted molar refractivity (Wildman–Crippen MR) is 66.7 cm³/mol. The minimum atomic E-state index is -0.435. The Labute approximate surface area is 102 Å². The Morgan fingerprint density at radius 3 is 2.72 bits per heavy atom. The second-order valence-electron chi connectivity index (χ2n) is 3.88. The maximum atomic E-state index is 11.3. The molecule has 0 spiro atoms. The molecule has 0 atom stereocenters. The van der Waals surface area contributed by atoms with Crippen molar-refractivity contribution in [3.05, 3.63) is 40.4 Å². The van der Waals surface area contributed by atoms with Crippen LogP contribution in [0.1, 0.15) is 5.56 Å². The average Bonchev–Trinajstić information content (AvgIpc) is 2.84. The number of hydrogen-bond donors (Lipinski definition) is 1. The molecule has 5 nitrogen and oxygen atoms in total. The summed E-state index contributed by atoms with van der Waals surface area (Å²) < 4.78 is 15.9. The number of fused-ring (bicyclic) bond motifs is 2. The number of hydrogen-bond acceptors (Lipinski definition) is 5. The molecule has 0 aliphatic carbocycles. The van der Waals surface area contributed by atoms with E-state index in [1.54, 1.807) is 12.3 Å². The number of nitrogens with two attached hydrogens (primary N) is 1. The van der Waals surface area contributed by atoms with Gasteiger partial charge in [-0.15, -0.1) is 0 Å². The van der Waals surface area contributed by atoms with Crippen LogP contribution in [0.2, 0.25) is 0 Å². The summed E-state index contributed by atoms with van der Waals surface area (Å²) in [6, 6.07) is 4.88. The third-order valence-corrected chi connectivity index (χ3v) is 2.97. The van der Waals surface area contributed by atoms with Crippen LogP contribution in [0.25, 0.3) is 21.9 Å². The van der Waals surface area contributed by atoms with Crippen LogP contribution in [0.3, 0.4) is 0 Å². The van der Waals surface area contributed by atoms with E-state index >= 15 is 0 Å². The standard InChI is InChI=1S/C13H11NO4/c1-16-13-11-8(4-5-17-11)9(6-14)7-2-3-10(15)18-12(7)13/h2-5H,6,14H2,1H3. The molecule has 0 radical (unpaired) electrons. The molecule has 2 heterocycles. The first-order chi connectivity index (χ1) is 8.76. The fraction of sp³-hybridized carbons (Fsp3) is 0.154. The SMILES string of the molecule is COc1c2occc2c(CN)c2ccc(=O)oc12. The third-order valence-electron chi connectivity index (χ3n) is 2.97. The molecule has 0 saturated carbocycles. The van der Waals surface area contributed by atoms with Crippen LogP contribution in [-0.4, -0.2) is 7.11 Å². The van der Waals surface area contributed by atoms with E-state index < -0.39 is 5.63 Å². The molecule has 0 unspecified atom stereocenters.